The number of fused-ring (bicyclic) bond motifs is 2. The minimum absolute atomic E-state index is 0.122. The molecule has 3 aromatic carbocycles. The van der Waals surface area contributed by atoms with Crippen molar-refractivity contribution in [3.05, 3.63) is 124 Å². The number of carbonyl (C=O) groups excluding carboxylic acids is 1. The smallest absolute Gasteiger partial charge is 0.258 e. The third kappa shape index (κ3) is 5.98. The average molecular weight is 606 g/mol. The number of likely N-dealkylation sites (tertiary alicyclic amines) is 1. The minimum atomic E-state index is -0.596. The number of anilines is 1. The van der Waals surface area contributed by atoms with Crippen molar-refractivity contribution in [3.8, 4) is 0 Å². The lowest BCUT2D eigenvalue weighted by atomic mass is 9.74. The van der Waals surface area contributed by atoms with Crippen LogP contribution in [0, 0.1) is 17.5 Å². The van der Waals surface area contributed by atoms with Crippen LogP contribution in [0.4, 0.5) is 18.9 Å². The molecule has 1 fully saturated rings. The molecule has 1 spiro atoms. The molecule has 4 nitrogen and oxygen atoms in total. The Bertz CT molecular complexity index is 1660. The number of rotatable bonds is 6. The van der Waals surface area contributed by atoms with Crippen LogP contribution in [-0.2, 0) is 5.41 Å². The molecule has 0 atom stereocenters. The van der Waals surface area contributed by atoms with Gasteiger partial charge in [-0.1, -0.05) is 35.5 Å². The molecular weight excluding hydrogens is 579 g/mol. The van der Waals surface area contributed by atoms with Gasteiger partial charge in [-0.25, -0.2) is 18.2 Å². The monoisotopic (exact) mass is 605 g/mol. The number of hydrogen-bond donors (Lipinski definition) is 0. The Balaban J connectivity index is 1.24. The van der Waals surface area contributed by atoms with Gasteiger partial charge in [0.2, 0.25) is 0 Å². The molecule has 1 amide bonds. The van der Waals surface area contributed by atoms with Gasteiger partial charge in [-0.05, 0) is 98.2 Å². The van der Waals surface area contributed by atoms with E-state index in [2.05, 4.69) is 16.0 Å². The van der Waals surface area contributed by atoms with Crippen LogP contribution in [-0.4, -0.2) is 42.0 Å². The van der Waals surface area contributed by atoms with Crippen molar-refractivity contribution < 1.29 is 18.0 Å². The van der Waals surface area contributed by atoms with Crippen molar-refractivity contribution in [2.24, 2.45) is 0 Å². The molecule has 9 heteroatoms. The second-order valence-electron chi connectivity index (χ2n) is 10.6. The third-order valence-corrected chi connectivity index (χ3v) is 9.20. The Morgan fingerprint density at radius 3 is 2.40 bits per heavy atom. The van der Waals surface area contributed by atoms with E-state index >= 15 is 0 Å². The van der Waals surface area contributed by atoms with E-state index in [0.29, 0.717) is 24.2 Å². The summed E-state index contributed by atoms with van der Waals surface area (Å²) in [6.45, 7) is 2.79. The summed E-state index contributed by atoms with van der Waals surface area (Å²) in [5.41, 5.74) is 2.62. The fourth-order valence-corrected chi connectivity index (χ4v) is 6.81. The number of hydrogen-bond acceptors (Lipinski definition) is 4. The highest BCUT2D eigenvalue weighted by Crippen LogP contribution is 2.49. The molecule has 214 valence electrons. The number of benzene rings is 3. The van der Waals surface area contributed by atoms with E-state index in [1.807, 2.05) is 23.1 Å². The van der Waals surface area contributed by atoms with Crippen LogP contribution in [0.25, 0.3) is 6.08 Å². The zero-order valence-electron chi connectivity index (χ0n) is 22.6. The molecule has 2 aliphatic heterocycles. The molecule has 3 heterocycles. The van der Waals surface area contributed by atoms with Gasteiger partial charge in [0.05, 0.1) is 0 Å². The van der Waals surface area contributed by atoms with Crippen LogP contribution in [0.1, 0.15) is 34.3 Å². The molecule has 4 aromatic rings. The van der Waals surface area contributed by atoms with Crippen molar-refractivity contribution in [2.75, 3.05) is 31.1 Å². The molecule has 0 radical (unpaired) electrons. The predicted molar refractivity (Wildman–Crippen MR) is 161 cm³/mol. The number of halogens is 4. The van der Waals surface area contributed by atoms with Gasteiger partial charge in [0, 0.05) is 57.4 Å². The molecule has 0 bridgehead atoms. The molecule has 42 heavy (non-hydrogen) atoms. The van der Waals surface area contributed by atoms with Crippen LogP contribution in [0.5, 0.6) is 0 Å². The SMILES string of the molecule is O=C(c1ccnc(Cl)c1)N1CC2(CCN(CC=Cc3ccc(F)cc3F)CC2)c2cc(Sc3ccc(F)cc3)ccc21. The molecule has 1 aromatic heterocycles. The maximum Gasteiger partial charge on any atom is 0.258 e. The summed E-state index contributed by atoms with van der Waals surface area (Å²) in [6.07, 6.45) is 6.80. The van der Waals surface area contributed by atoms with Gasteiger partial charge in [-0.15, -0.1) is 0 Å². The van der Waals surface area contributed by atoms with Crippen molar-refractivity contribution in [2.45, 2.75) is 28.0 Å². The van der Waals surface area contributed by atoms with Crippen LogP contribution in [0.15, 0.2) is 94.9 Å². The van der Waals surface area contributed by atoms with Gasteiger partial charge in [0.25, 0.3) is 5.91 Å². The molecule has 0 aliphatic carbocycles. The lowest BCUT2D eigenvalue weighted by Gasteiger charge is -2.39. The summed E-state index contributed by atoms with van der Waals surface area (Å²) in [4.78, 5) is 23.8. The molecule has 2 aliphatic rings. The first-order chi connectivity index (χ1) is 20.3. The van der Waals surface area contributed by atoms with E-state index in [1.165, 1.54) is 30.5 Å². The number of carbonyl (C=O) groups is 1. The zero-order valence-corrected chi connectivity index (χ0v) is 24.1. The van der Waals surface area contributed by atoms with E-state index < -0.39 is 11.6 Å². The highest BCUT2D eigenvalue weighted by Gasteiger charge is 2.46. The Kier molecular flexibility index (Phi) is 8.12. The van der Waals surface area contributed by atoms with Gasteiger partial charge >= 0.3 is 0 Å². The van der Waals surface area contributed by atoms with Crippen molar-refractivity contribution in [1.29, 1.82) is 0 Å². The molecule has 1 saturated heterocycles. The Hall–Kier alpha value is -3.59. The van der Waals surface area contributed by atoms with Gasteiger partial charge in [-0.2, -0.15) is 0 Å². The minimum Gasteiger partial charge on any atom is -0.307 e. The molecular formula is C33H27ClF3N3OS. The Morgan fingerprint density at radius 1 is 0.929 bits per heavy atom. The molecule has 0 unspecified atom stereocenters. The second-order valence-corrected chi connectivity index (χ2v) is 12.2. The normalized spacial score (nSPS) is 16.3. The Labute approximate surface area is 251 Å². The van der Waals surface area contributed by atoms with Gasteiger partial charge in [0.1, 0.15) is 22.6 Å². The van der Waals surface area contributed by atoms with E-state index in [1.54, 1.807) is 42.1 Å². The van der Waals surface area contributed by atoms with Crippen LogP contribution in [0.3, 0.4) is 0 Å². The number of amides is 1. The van der Waals surface area contributed by atoms with E-state index in [9.17, 15) is 18.0 Å². The third-order valence-electron chi connectivity index (χ3n) is 8.00. The maximum absolute atomic E-state index is 14.0. The quantitative estimate of drug-likeness (QED) is 0.209. The molecule has 0 saturated carbocycles. The van der Waals surface area contributed by atoms with Crippen molar-refractivity contribution >= 4 is 41.0 Å². The number of aromatic nitrogens is 1. The highest BCUT2D eigenvalue weighted by atomic mass is 35.5. The lowest BCUT2D eigenvalue weighted by molar-refractivity contribution is 0.0977. The Morgan fingerprint density at radius 2 is 1.67 bits per heavy atom. The first kappa shape index (κ1) is 28.5. The topological polar surface area (TPSA) is 36.4 Å². The summed E-state index contributed by atoms with van der Waals surface area (Å²) in [5.74, 6) is -1.58. The summed E-state index contributed by atoms with van der Waals surface area (Å²) in [5, 5.41) is 0.267. The number of pyridine rings is 1. The summed E-state index contributed by atoms with van der Waals surface area (Å²) in [6, 6.07) is 19.4. The standard InChI is InChI=1S/C33H27ClF3N3OS/c34-31-18-23(11-14-38-31)32(41)40-21-33(28-20-27(9-10-30(28)40)42-26-7-5-24(35)6-8-26)12-16-39(17-13-33)15-1-2-22-3-4-25(36)19-29(22)37/h1-11,14,18-20H,12-13,15-17,21H2. The zero-order chi connectivity index (χ0) is 29.3. The van der Waals surface area contributed by atoms with Gasteiger partial charge in [0.15, 0.2) is 0 Å². The average Bonchev–Trinajstić information content (AvgIpc) is 3.29. The number of nitrogens with zero attached hydrogens (tertiary/aromatic N) is 3. The van der Waals surface area contributed by atoms with E-state index in [-0.39, 0.29) is 22.3 Å². The summed E-state index contributed by atoms with van der Waals surface area (Å²) in [7, 11) is 0. The van der Waals surface area contributed by atoms with E-state index in [4.69, 9.17) is 11.6 Å². The van der Waals surface area contributed by atoms with Crippen molar-refractivity contribution in [3.63, 3.8) is 0 Å². The highest BCUT2D eigenvalue weighted by molar-refractivity contribution is 7.99. The first-order valence-electron chi connectivity index (χ1n) is 13.6. The van der Waals surface area contributed by atoms with Crippen LogP contribution < -0.4 is 4.90 Å². The van der Waals surface area contributed by atoms with Crippen LogP contribution >= 0.6 is 23.4 Å². The molecule has 6 rings (SSSR count). The maximum atomic E-state index is 14.0. The summed E-state index contributed by atoms with van der Waals surface area (Å²) >= 11 is 7.66. The second kappa shape index (κ2) is 12.0. The fourth-order valence-electron chi connectivity index (χ4n) is 5.78. The van der Waals surface area contributed by atoms with Crippen LogP contribution in [0.2, 0.25) is 5.15 Å². The lowest BCUT2D eigenvalue weighted by Crippen LogP contribution is -2.46. The molecule has 0 N–H and O–H groups in total. The fraction of sp³-hybridized carbons (Fsp3) is 0.212. The predicted octanol–water partition coefficient (Wildman–Crippen LogP) is 8.01. The van der Waals surface area contributed by atoms with Crippen molar-refractivity contribution in [1.82, 2.24) is 9.88 Å². The first-order valence-corrected chi connectivity index (χ1v) is 14.8. The van der Waals surface area contributed by atoms with E-state index in [0.717, 1.165) is 53.0 Å². The summed E-state index contributed by atoms with van der Waals surface area (Å²) < 4.78 is 40.7. The van der Waals surface area contributed by atoms with Gasteiger partial charge < -0.3 is 4.90 Å². The largest absolute Gasteiger partial charge is 0.307 e. The number of piperidine rings is 1. The van der Waals surface area contributed by atoms with Gasteiger partial charge in [-0.3, -0.25) is 9.69 Å².